The number of anilines is 1. The number of nitrogens with one attached hydrogen (secondary N) is 1. The summed E-state index contributed by atoms with van der Waals surface area (Å²) in [5.41, 5.74) is 0.599. The maximum Gasteiger partial charge on any atom is 0.228 e. The molecule has 96 valence electrons. The molecule has 1 heterocycles. The summed E-state index contributed by atoms with van der Waals surface area (Å²) in [6.45, 7) is 0. The van der Waals surface area contributed by atoms with Crippen LogP contribution in [0.5, 0.6) is 0 Å². The van der Waals surface area contributed by atoms with Crippen molar-refractivity contribution in [1.29, 1.82) is 0 Å². The first-order valence-electron chi connectivity index (χ1n) is 6.27. The minimum atomic E-state index is 0.113. The lowest BCUT2D eigenvalue weighted by Crippen LogP contribution is -2.26. The quantitative estimate of drug-likeness (QED) is 0.852. The molecule has 0 radical (unpaired) electrons. The van der Waals surface area contributed by atoms with Crippen molar-refractivity contribution in [1.82, 2.24) is 4.98 Å². The molecule has 0 bridgehead atoms. The number of amides is 1. The molecule has 3 nitrogen and oxygen atoms in total. The molecule has 3 rings (SSSR count). The van der Waals surface area contributed by atoms with Gasteiger partial charge in [0.05, 0.1) is 5.69 Å². The van der Waals surface area contributed by atoms with E-state index in [-0.39, 0.29) is 11.8 Å². The Bertz CT molecular complexity index is 474. The molecule has 0 spiro atoms. The Morgan fingerprint density at radius 3 is 2.56 bits per heavy atom. The van der Waals surface area contributed by atoms with Crippen molar-refractivity contribution in [3.8, 4) is 0 Å². The van der Waals surface area contributed by atoms with E-state index in [1.54, 1.807) is 12.3 Å². The molecule has 1 aromatic heterocycles. The van der Waals surface area contributed by atoms with Gasteiger partial charge in [-0.05, 0) is 59.5 Å². The van der Waals surface area contributed by atoms with Gasteiger partial charge in [0.15, 0.2) is 5.15 Å². The summed E-state index contributed by atoms with van der Waals surface area (Å²) in [6.07, 6.45) is 6.40. The van der Waals surface area contributed by atoms with Crippen molar-refractivity contribution in [3.63, 3.8) is 0 Å². The van der Waals surface area contributed by atoms with E-state index < -0.39 is 0 Å². The average Bonchev–Trinajstić information content (AvgIpc) is 3.17. The molecule has 2 aliphatic rings. The Morgan fingerprint density at radius 2 is 2.00 bits per heavy atom. The number of carbonyl (C=O) groups is 1. The number of aromatic nitrogens is 1. The molecule has 0 saturated heterocycles. The molecular formula is C13H14BrClN2O. The van der Waals surface area contributed by atoms with Gasteiger partial charge in [-0.1, -0.05) is 11.6 Å². The normalized spacial score (nSPS) is 19.1. The van der Waals surface area contributed by atoms with Crippen molar-refractivity contribution in [3.05, 3.63) is 21.9 Å². The zero-order valence-electron chi connectivity index (χ0n) is 9.83. The number of hydrogen-bond donors (Lipinski definition) is 1. The van der Waals surface area contributed by atoms with Crippen molar-refractivity contribution in [2.75, 3.05) is 5.32 Å². The van der Waals surface area contributed by atoms with E-state index in [0.29, 0.717) is 22.7 Å². The highest BCUT2D eigenvalue weighted by Crippen LogP contribution is 2.49. The highest BCUT2D eigenvalue weighted by molar-refractivity contribution is 9.10. The zero-order chi connectivity index (χ0) is 12.7. The second-order valence-corrected chi connectivity index (χ2v) is 6.46. The third kappa shape index (κ3) is 2.69. The van der Waals surface area contributed by atoms with Gasteiger partial charge in [0.1, 0.15) is 0 Å². The van der Waals surface area contributed by atoms with E-state index in [2.05, 4.69) is 26.2 Å². The Labute approximate surface area is 119 Å². The highest BCUT2D eigenvalue weighted by atomic mass is 79.9. The molecule has 0 aromatic carbocycles. The summed E-state index contributed by atoms with van der Waals surface area (Å²) in [6, 6.07) is 1.80. The minimum absolute atomic E-state index is 0.113. The zero-order valence-corrected chi connectivity index (χ0v) is 12.2. The maximum absolute atomic E-state index is 12.3. The van der Waals surface area contributed by atoms with Crippen molar-refractivity contribution in [2.45, 2.75) is 25.7 Å². The third-order valence-corrected chi connectivity index (χ3v) is 4.36. The van der Waals surface area contributed by atoms with Gasteiger partial charge in [-0.3, -0.25) is 4.79 Å². The lowest BCUT2D eigenvalue weighted by Gasteiger charge is -2.15. The number of halogens is 2. The van der Waals surface area contributed by atoms with Gasteiger partial charge in [0.25, 0.3) is 0 Å². The van der Waals surface area contributed by atoms with Gasteiger partial charge >= 0.3 is 0 Å². The Morgan fingerprint density at radius 1 is 1.39 bits per heavy atom. The SMILES string of the molecule is O=C(Nc1cc(Br)cnc1Cl)C(C1CC1)C1CC1. The van der Waals surface area contributed by atoms with Crippen LogP contribution < -0.4 is 5.32 Å². The number of nitrogens with zero attached hydrogens (tertiary/aromatic N) is 1. The molecule has 1 N–H and O–H groups in total. The van der Waals surface area contributed by atoms with Crippen LogP contribution in [0.4, 0.5) is 5.69 Å². The predicted octanol–water partition coefficient (Wildman–Crippen LogP) is 3.87. The monoisotopic (exact) mass is 328 g/mol. The van der Waals surface area contributed by atoms with E-state index >= 15 is 0 Å². The van der Waals surface area contributed by atoms with Crippen LogP contribution in [-0.4, -0.2) is 10.9 Å². The Kier molecular flexibility index (Phi) is 3.32. The Balaban J connectivity index is 1.74. The molecule has 2 saturated carbocycles. The highest BCUT2D eigenvalue weighted by Gasteiger charge is 2.45. The lowest BCUT2D eigenvalue weighted by molar-refractivity contribution is -0.121. The van der Waals surface area contributed by atoms with E-state index in [9.17, 15) is 4.79 Å². The van der Waals surface area contributed by atoms with Crippen LogP contribution in [0.2, 0.25) is 5.15 Å². The van der Waals surface area contributed by atoms with Crippen LogP contribution in [0.25, 0.3) is 0 Å². The first-order valence-corrected chi connectivity index (χ1v) is 7.44. The third-order valence-electron chi connectivity index (χ3n) is 3.63. The fourth-order valence-corrected chi connectivity index (χ4v) is 2.93. The average molecular weight is 330 g/mol. The topological polar surface area (TPSA) is 42.0 Å². The molecule has 0 atom stereocenters. The van der Waals surface area contributed by atoms with Crippen molar-refractivity contribution >= 4 is 39.1 Å². The van der Waals surface area contributed by atoms with Crippen LogP contribution in [0.3, 0.4) is 0 Å². The van der Waals surface area contributed by atoms with Crippen LogP contribution in [0.15, 0.2) is 16.7 Å². The van der Waals surface area contributed by atoms with E-state index in [0.717, 1.165) is 4.47 Å². The van der Waals surface area contributed by atoms with E-state index in [4.69, 9.17) is 11.6 Å². The minimum Gasteiger partial charge on any atom is -0.323 e. The molecule has 5 heteroatoms. The first-order chi connectivity index (χ1) is 8.65. The summed E-state index contributed by atoms with van der Waals surface area (Å²) in [7, 11) is 0. The van der Waals surface area contributed by atoms with Crippen molar-refractivity contribution < 1.29 is 4.79 Å². The number of carbonyl (C=O) groups excluding carboxylic acids is 1. The molecule has 2 fully saturated rings. The largest absolute Gasteiger partial charge is 0.323 e. The van der Waals surface area contributed by atoms with Gasteiger partial charge < -0.3 is 5.32 Å². The number of rotatable bonds is 4. The lowest BCUT2D eigenvalue weighted by atomic mass is 9.97. The summed E-state index contributed by atoms with van der Waals surface area (Å²) in [5, 5.41) is 3.27. The molecule has 0 unspecified atom stereocenters. The smallest absolute Gasteiger partial charge is 0.228 e. The van der Waals surface area contributed by atoms with Crippen LogP contribution in [0, 0.1) is 17.8 Å². The van der Waals surface area contributed by atoms with E-state index in [1.807, 2.05) is 0 Å². The van der Waals surface area contributed by atoms with E-state index in [1.165, 1.54) is 25.7 Å². The van der Waals surface area contributed by atoms with Gasteiger partial charge in [0.2, 0.25) is 5.91 Å². The number of hydrogen-bond acceptors (Lipinski definition) is 2. The van der Waals surface area contributed by atoms with Gasteiger partial charge in [-0.15, -0.1) is 0 Å². The van der Waals surface area contributed by atoms with Crippen molar-refractivity contribution in [2.24, 2.45) is 17.8 Å². The maximum atomic E-state index is 12.3. The molecule has 18 heavy (non-hydrogen) atoms. The standard InChI is InChI=1S/C13H14BrClN2O/c14-9-5-10(12(15)16-6-9)17-13(18)11(7-1-2-7)8-3-4-8/h5-8,11H,1-4H2,(H,17,18). The second kappa shape index (κ2) is 4.82. The molecule has 0 aliphatic heterocycles. The van der Waals surface area contributed by atoms with Gasteiger partial charge in [0, 0.05) is 16.6 Å². The Hall–Kier alpha value is -0.610. The van der Waals surface area contributed by atoms with Crippen LogP contribution in [-0.2, 0) is 4.79 Å². The summed E-state index contributed by atoms with van der Waals surface area (Å²) in [4.78, 5) is 16.3. The molecular weight excluding hydrogens is 316 g/mol. The summed E-state index contributed by atoms with van der Waals surface area (Å²) in [5.74, 6) is 1.48. The van der Waals surface area contributed by atoms with Crippen LogP contribution >= 0.6 is 27.5 Å². The predicted molar refractivity (Wildman–Crippen MR) is 74.5 cm³/mol. The van der Waals surface area contributed by atoms with Gasteiger partial charge in [-0.25, -0.2) is 4.98 Å². The fourth-order valence-electron chi connectivity index (χ4n) is 2.45. The molecule has 1 aromatic rings. The number of pyridine rings is 1. The molecule has 2 aliphatic carbocycles. The summed E-state index contributed by atoms with van der Waals surface area (Å²) >= 11 is 9.32. The second-order valence-electron chi connectivity index (χ2n) is 5.18. The summed E-state index contributed by atoms with van der Waals surface area (Å²) < 4.78 is 0.816. The van der Waals surface area contributed by atoms with Crippen LogP contribution in [0.1, 0.15) is 25.7 Å². The van der Waals surface area contributed by atoms with Gasteiger partial charge in [-0.2, -0.15) is 0 Å². The fraction of sp³-hybridized carbons (Fsp3) is 0.538. The first kappa shape index (κ1) is 12.4. The molecule has 1 amide bonds.